The molecule has 1 aliphatic rings. The van der Waals surface area contributed by atoms with E-state index in [1.54, 1.807) is 0 Å². The van der Waals surface area contributed by atoms with Crippen LogP contribution in [-0.4, -0.2) is 18.9 Å². The first-order valence-corrected chi connectivity index (χ1v) is 4.47. The van der Waals surface area contributed by atoms with Gasteiger partial charge in [-0.2, -0.15) is 0 Å². The quantitative estimate of drug-likeness (QED) is 0.498. The van der Waals surface area contributed by atoms with Gasteiger partial charge in [0.2, 0.25) is 5.78 Å². The van der Waals surface area contributed by atoms with Crippen LogP contribution in [0.15, 0.2) is 0 Å². The van der Waals surface area contributed by atoms with Crippen molar-refractivity contribution >= 4 is 5.78 Å². The molecule has 1 atom stereocenters. The molecular weight excluding hydrogens is 150 g/mol. The number of rotatable bonds is 3. The highest BCUT2D eigenvalue weighted by Crippen LogP contribution is 2.31. The van der Waals surface area contributed by atoms with Crippen molar-refractivity contribution in [1.29, 1.82) is 0 Å². The highest BCUT2D eigenvalue weighted by molar-refractivity contribution is 6.00. The molecule has 12 heavy (non-hydrogen) atoms. The van der Waals surface area contributed by atoms with Gasteiger partial charge in [0.15, 0.2) is 0 Å². The fourth-order valence-electron chi connectivity index (χ4n) is 1.90. The lowest BCUT2D eigenvalue weighted by Gasteiger charge is -2.22. The predicted octanol–water partition coefficient (Wildman–Crippen LogP) is 0.968. The number of terminal acetylenes is 1. The Labute approximate surface area is 73.7 Å². The Morgan fingerprint density at radius 3 is 2.92 bits per heavy atom. The Hall–Kier alpha value is -0.810. The van der Waals surface area contributed by atoms with Gasteiger partial charge in [-0.1, -0.05) is 13.3 Å². The lowest BCUT2D eigenvalue weighted by Crippen LogP contribution is -2.32. The third-order valence-corrected chi connectivity index (χ3v) is 2.59. The molecule has 1 unspecified atom stereocenters. The van der Waals surface area contributed by atoms with Crippen molar-refractivity contribution in [2.45, 2.75) is 26.2 Å². The van der Waals surface area contributed by atoms with E-state index < -0.39 is 0 Å². The van der Waals surface area contributed by atoms with Crippen molar-refractivity contribution in [1.82, 2.24) is 5.32 Å². The summed E-state index contributed by atoms with van der Waals surface area (Å²) in [4.78, 5) is 11.4. The molecule has 0 aromatic heterocycles. The molecule has 66 valence electrons. The van der Waals surface area contributed by atoms with E-state index >= 15 is 0 Å². The Morgan fingerprint density at radius 2 is 2.50 bits per heavy atom. The molecule has 0 radical (unpaired) electrons. The van der Waals surface area contributed by atoms with Gasteiger partial charge in [0, 0.05) is 6.54 Å². The Bertz CT molecular complexity index is 208. The molecule has 1 rings (SSSR count). The number of ketones is 1. The lowest BCUT2D eigenvalue weighted by atomic mass is 9.79. The average Bonchev–Trinajstić information content (AvgIpc) is 2.53. The second-order valence-electron chi connectivity index (χ2n) is 3.43. The topological polar surface area (TPSA) is 29.1 Å². The number of carbonyl (C=O) groups excluding carboxylic acids is 1. The summed E-state index contributed by atoms with van der Waals surface area (Å²) in [6, 6.07) is 0. The van der Waals surface area contributed by atoms with Gasteiger partial charge in [-0.15, -0.1) is 6.42 Å². The summed E-state index contributed by atoms with van der Waals surface area (Å²) in [7, 11) is 0. The molecule has 1 heterocycles. The van der Waals surface area contributed by atoms with Crippen LogP contribution >= 0.6 is 0 Å². The molecule has 0 amide bonds. The van der Waals surface area contributed by atoms with Crippen LogP contribution in [0.2, 0.25) is 0 Å². The first-order valence-electron chi connectivity index (χ1n) is 4.47. The first-order chi connectivity index (χ1) is 5.75. The molecule has 0 saturated carbocycles. The van der Waals surface area contributed by atoms with Gasteiger partial charge in [-0.05, 0) is 25.3 Å². The summed E-state index contributed by atoms with van der Waals surface area (Å²) < 4.78 is 0. The molecule has 2 nitrogen and oxygen atoms in total. The molecule has 0 aromatic carbocycles. The molecule has 0 aliphatic carbocycles. The van der Waals surface area contributed by atoms with Crippen molar-refractivity contribution in [3.05, 3.63) is 0 Å². The molecule has 0 aromatic rings. The minimum atomic E-state index is -0.233. The summed E-state index contributed by atoms with van der Waals surface area (Å²) in [5.74, 6) is 2.23. The van der Waals surface area contributed by atoms with Crippen molar-refractivity contribution in [3.63, 3.8) is 0 Å². The number of carbonyl (C=O) groups is 1. The van der Waals surface area contributed by atoms with Crippen molar-refractivity contribution in [2.75, 3.05) is 13.1 Å². The van der Waals surface area contributed by atoms with Gasteiger partial charge < -0.3 is 5.32 Å². The van der Waals surface area contributed by atoms with Crippen LogP contribution in [0, 0.1) is 17.8 Å². The third kappa shape index (κ3) is 1.51. The summed E-state index contributed by atoms with van der Waals surface area (Å²) in [6.07, 6.45) is 7.99. The number of hydrogen-bond acceptors (Lipinski definition) is 2. The summed E-state index contributed by atoms with van der Waals surface area (Å²) in [5.41, 5.74) is -0.233. The number of Topliss-reactive ketones (excluding diaryl/α,β-unsaturated/α-hetero) is 1. The maximum Gasteiger partial charge on any atom is 0.212 e. The minimum absolute atomic E-state index is 0.0191. The van der Waals surface area contributed by atoms with Crippen LogP contribution in [0.5, 0.6) is 0 Å². The van der Waals surface area contributed by atoms with Crippen molar-refractivity contribution in [2.24, 2.45) is 5.41 Å². The highest BCUT2D eigenvalue weighted by atomic mass is 16.1. The predicted molar refractivity (Wildman–Crippen MR) is 48.7 cm³/mol. The largest absolute Gasteiger partial charge is 0.316 e. The maximum absolute atomic E-state index is 11.4. The zero-order valence-electron chi connectivity index (χ0n) is 7.52. The van der Waals surface area contributed by atoms with E-state index in [2.05, 4.69) is 18.2 Å². The first kappa shape index (κ1) is 9.28. The third-order valence-electron chi connectivity index (χ3n) is 2.59. The van der Waals surface area contributed by atoms with Crippen LogP contribution in [0.4, 0.5) is 0 Å². The van der Waals surface area contributed by atoms with Crippen LogP contribution in [0.1, 0.15) is 26.2 Å². The van der Waals surface area contributed by atoms with Crippen molar-refractivity contribution in [3.8, 4) is 12.3 Å². The Kier molecular flexibility index (Phi) is 2.88. The molecule has 2 heteroatoms. The van der Waals surface area contributed by atoms with E-state index in [9.17, 15) is 4.79 Å². The van der Waals surface area contributed by atoms with Crippen molar-refractivity contribution < 1.29 is 4.79 Å². The fourth-order valence-corrected chi connectivity index (χ4v) is 1.90. The van der Waals surface area contributed by atoms with Gasteiger partial charge >= 0.3 is 0 Å². The zero-order chi connectivity index (χ0) is 9.03. The molecule has 0 bridgehead atoms. The minimum Gasteiger partial charge on any atom is -0.316 e. The summed E-state index contributed by atoms with van der Waals surface area (Å²) in [6.45, 7) is 3.78. The lowest BCUT2D eigenvalue weighted by molar-refractivity contribution is -0.122. The van der Waals surface area contributed by atoms with E-state index in [1.165, 1.54) is 0 Å². The van der Waals surface area contributed by atoms with Gasteiger partial charge in [-0.3, -0.25) is 4.79 Å². The van der Waals surface area contributed by atoms with Crippen LogP contribution in [0.25, 0.3) is 0 Å². The molecule has 1 aliphatic heterocycles. The Balaban J connectivity index is 2.72. The standard InChI is InChI=1S/C10H15NO/c1-3-5-10(9(12)4-2)6-7-11-8-10/h2,11H,3,5-8H2,1H3. The molecule has 1 fully saturated rings. The van der Waals surface area contributed by atoms with E-state index in [-0.39, 0.29) is 11.2 Å². The van der Waals surface area contributed by atoms with Crippen LogP contribution in [-0.2, 0) is 4.79 Å². The van der Waals surface area contributed by atoms with Gasteiger partial charge in [0.25, 0.3) is 0 Å². The monoisotopic (exact) mass is 165 g/mol. The maximum atomic E-state index is 11.4. The molecular formula is C10H15NO. The van der Waals surface area contributed by atoms with E-state index in [1.807, 2.05) is 0 Å². The van der Waals surface area contributed by atoms with Gasteiger partial charge in [0.05, 0.1) is 5.41 Å². The molecule has 1 saturated heterocycles. The van der Waals surface area contributed by atoms with E-state index in [0.29, 0.717) is 0 Å². The smallest absolute Gasteiger partial charge is 0.212 e. The molecule has 1 N–H and O–H groups in total. The second kappa shape index (κ2) is 3.73. The SMILES string of the molecule is C#CC(=O)C1(CCC)CCNC1. The van der Waals surface area contributed by atoms with E-state index in [4.69, 9.17) is 6.42 Å². The normalized spacial score (nSPS) is 28.3. The Morgan fingerprint density at radius 1 is 1.75 bits per heavy atom. The summed E-state index contributed by atoms with van der Waals surface area (Å²) >= 11 is 0. The average molecular weight is 165 g/mol. The highest BCUT2D eigenvalue weighted by Gasteiger charge is 2.38. The second-order valence-corrected chi connectivity index (χ2v) is 3.43. The number of hydrogen-bond donors (Lipinski definition) is 1. The number of nitrogens with one attached hydrogen (secondary N) is 1. The van der Waals surface area contributed by atoms with Crippen LogP contribution in [0.3, 0.4) is 0 Å². The molecule has 0 spiro atoms. The fraction of sp³-hybridized carbons (Fsp3) is 0.700. The zero-order valence-corrected chi connectivity index (χ0v) is 7.52. The summed E-state index contributed by atoms with van der Waals surface area (Å²) in [5, 5.41) is 3.20. The van der Waals surface area contributed by atoms with Gasteiger partial charge in [-0.25, -0.2) is 0 Å². The van der Waals surface area contributed by atoms with E-state index in [0.717, 1.165) is 32.4 Å². The van der Waals surface area contributed by atoms with Crippen LogP contribution < -0.4 is 5.32 Å². The van der Waals surface area contributed by atoms with Gasteiger partial charge in [0.1, 0.15) is 0 Å².